The van der Waals surface area contributed by atoms with E-state index in [9.17, 15) is 13.2 Å². The van der Waals surface area contributed by atoms with Crippen molar-refractivity contribution in [3.63, 3.8) is 0 Å². The van der Waals surface area contributed by atoms with Gasteiger partial charge >= 0.3 is 0 Å². The molecule has 1 atom stereocenters. The van der Waals surface area contributed by atoms with Gasteiger partial charge < -0.3 is 9.64 Å². The number of carbonyl (C=O) groups is 1. The molecule has 3 fully saturated rings. The van der Waals surface area contributed by atoms with Crippen molar-refractivity contribution in [3.8, 4) is 0 Å². The number of hydrogen-bond acceptors (Lipinski definition) is 4. The van der Waals surface area contributed by atoms with E-state index >= 15 is 0 Å². The second-order valence-electron chi connectivity index (χ2n) is 7.60. The highest BCUT2D eigenvalue weighted by Gasteiger charge is 2.51. The van der Waals surface area contributed by atoms with Crippen LogP contribution in [0.1, 0.15) is 45.4 Å². The van der Waals surface area contributed by atoms with Crippen molar-refractivity contribution in [1.29, 1.82) is 0 Å². The summed E-state index contributed by atoms with van der Waals surface area (Å²) in [7, 11) is -1.81. The molecule has 0 unspecified atom stereocenters. The number of rotatable bonds is 5. The van der Waals surface area contributed by atoms with Gasteiger partial charge in [0.1, 0.15) is 0 Å². The Kier molecular flexibility index (Phi) is 5.72. The predicted octanol–water partition coefficient (Wildman–Crippen LogP) is 1.07. The van der Waals surface area contributed by atoms with E-state index in [-0.39, 0.29) is 12.0 Å². The maximum absolute atomic E-state index is 13.0. The molecule has 0 radical (unpaired) electrons. The Hall–Kier alpha value is -0.700. The highest BCUT2D eigenvalue weighted by Crippen LogP contribution is 2.41. The number of ether oxygens (including phenoxy) is 1. The number of piperidine rings is 2. The lowest BCUT2D eigenvalue weighted by molar-refractivity contribution is -0.145. The fourth-order valence-corrected chi connectivity index (χ4v) is 6.24. The minimum atomic E-state index is -3.48. The first-order chi connectivity index (χ1) is 11.9. The Labute approximate surface area is 151 Å². The van der Waals surface area contributed by atoms with Gasteiger partial charge in [-0.3, -0.25) is 4.79 Å². The maximum atomic E-state index is 13.0. The van der Waals surface area contributed by atoms with Crippen molar-refractivity contribution in [3.05, 3.63) is 0 Å². The lowest BCUT2D eigenvalue weighted by Crippen LogP contribution is -2.52. The average molecular weight is 374 g/mol. The van der Waals surface area contributed by atoms with E-state index < -0.39 is 15.6 Å². The standard InChI is InChI=1S/C17H31N3O4S/c1-3-9-18-10-4-7-17(16(18)21)8-13-20(14-17)25(22,23)19-11-5-15(24-2)6-12-19/h15H,3-14H2,1-2H3/t17-/m0/s1. The molecule has 0 saturated carbocycles. The van der Waals surface area contributed by atoms with E-state index in [0.717, 1.165) is 45.2 Å². The third-order valence-electron chi connectivity index (χ3n) is 6.02. The molecule has 144 valence electrons. The molecule has 3 rings (SSSR count). The first kappa shape index (κ1) is 19.1. The monoisotopic (exact) mass is 373 g/mol. The van der Waals surface area contributed by atoms with Crippen LogP contribution in [-0.4, -0.2) is 80.3 Å². The van der Waals surface area contributed by atoms with Crippen LogP contribution in [0.5, 0.6) is 0 Å². The summed E-state index contributed by atoms with van der Waals surface area (Å²) in [5, 5.41) is 0. The quantitative estimate of drug-likeness (QED) is 0.723. The zero-order valence-corrected chi connectivity index (χ0v) is 16.3. The van der Waals surface area contributed by atoms with Gasteiger partial charge in [0.15, 0.2) is 0 Å². The normalized spacial score (nSPS) is 30.5. The molecule has 1 amide bonds. The van der Waals surface area contributed by atoms with Crippen molar-refractivity contribution in [2.75, 3.05) is 46.4 Å². The molecule has 25 heavy (non-hydrogen) atoms. The summed E-state index contributed by atoms with van der Waals surface area (Å²) in [4.78, 5) is 14.9. The van der Waals surface area contributed by atoms with E-state index in [1.807, 2.05) is 4.90 Å². The van der Waals surface area contributed by atoms with Crippen molar-refractivity contribution < 1.29 is 17.9 Å². The molecule has 0 aromatic heterocycles. The Balaban J connectivity index is 1.68. The van der Waals surface area contributed by atoms with Gasteiger partial charge in [-0.1, -0.05) is 6.92 Å². The zero-order chi connectivity index (χ0) is 18.1. The highest BCUT2D eigenvalue weighted by atomic mass is 32.2. The van der Waals surface area contributed by atoms with E-state index in [4.69, 9.17) is 4.74 Å². The first-order valence-electron chi connectivity index (χ1n) is 9.50. The third kappa shape index (κ3) is 3.59. The third-order valence-corrected chi connectivity index (χ3v) is 8.01. The van der Waals surface area contributed by atoms with Crippen LogP contribution in [-0.2, 0) is 19.7 Å². The number of methoxy groups -OCH3 is 1. The van der Waals surface area contributed by atoms with Gasteiger partial charge in [0.25, 0.3) is 10.2 Å². The molecule has 3 aliphatic rings. The molecule has 7 nitrogen and oxygen atoms in total. The van der Waals surface area contributed by atoms with Crippen molar-refractivity contribution in [1.82, 2.24) is 13.5 Å². The number of hydrogen-bond donors (Lipinski definition) is 0. The van der Waals surface area contributed by atoms with E-state index in [2.05, 4.69) is 6.92 Å². The van der Waals surface area contributed by atoms with Crippen molar-refractivity contribution in [2.45, 2.75) is 51.6 Å². The van der Waals surface area contributed by atoms with Crippen LogP contribution in [0.4, 0.5) is 0 Å². The minimum Gasteiger partial charge on any atom is -0.381 e. The smallest absolute Gasteiger partial charge is 0.282 e. The minimum absolute atomic E-state index is 0.152. The van der Waals surface area contributed by atoms with Gasteiger partial charge in [-0.15, -0.1) is 0 Å². The van der Waals surface area contributed by atoms with Gasteiger partial charge in [-0.25, -0.2) is 0 Å². The summed E-state index contributed by atoms with van der Waals surface area (Å²) in [6.07, 6.45) is 5.00. The Morgan fingerprint density at radius 1 is 1.12 bits per heavy atom. The number of nitrogens with zero attached hydrogens (tertiary/aromatic N) is 3. The number of carbonyl (C=O) groups excluding carboxylic acids is 1. The van der Waals surface area contributed by atoms with Gasteiger partial charge in [-0.2, -0.15) is 17.0 Å². The van der Waals surface area contributed by atoms with Crippen LogP contribution in [0, 0.1) is 5.41 Å². The second-order valence-corrected chi connectivity index (χ2v) is 9.53. The second kappa shape index (κ2) is 7.50. The molecule has 0 aromatic rings. The summed E-state index contributed by atoms with van der Waals surface area (Å²) in [6.45, 7) is 5.46. The molecule has 0 bridgehead atoms. The fraction of sp³-hybridized carbons (Fsp3) is 0.941. The van der Waals surface area contributed by atoms with Crippen LogP contribution in [0.2, 0.25) is 0 Å². The summed E-state index contributed by atoms with van der Waals surface area (Å²) in [6, 6.07) is 0. The molecular weight excluding hydrogens is 342 g/mol. The average Bonchev–Trinajstić information content (AvgIpc) is 3.05. The van der Waals surface area contributed by atoms with Gasteiger partial charge in [0.05, 0.1) is 11.5 Å². The Bertz CT molecular complexity index is 587. The fourth-order valence-electron chi connectivity index (χ4n) is 4.51. The lowest BCUT2D eigenvalue weighted by Gasteiger charge is -2.39. The van der Waals surface area contributed by atoms with Gasteiger partial charge in [0.2, 0.25) is 5.91 Å². The largest absolute Gasteiger partial charge is 0.381 e. The number of likely N-dealkylation sites (tertiary alicyclic amines) is 1. The lowest BCUT2D eigenvalue weighted by atomic mass is 9.78. The number of amides is 1. The summed E-state index contributed by atoms with van der Waals surface area (Å²) in [5.74, 6) is 0.163. The molecular formula is C17H31N3O4S. The zero-order valence-electron chi connectivity index (χ0n) is 15.4. The van der Waals surface area contributed by atoms with Crippen LogP contribution in [0.15, 0.2) is 0 Å². The molecule has 3 aliphatic heterocycles. The topological polar surface area (TPSA) is 70.2 Å². The molecule has 3 saturated heterocycles. The Morgan fingerprint density at radius 2 is 1.84 bits per heavy atom. The van der Waals surface area contributed by atoms with Gasteiger partial charge in [0, 0.05) is 46.4 Å². The molecule has 8 heteroatoms. The summed E-state index contributed by atoms with van der Waals surface area (Å²) < 4.78 is 34.5. The highest BCUT2D eigenvalue weighted by molar-refractivity contribution is 7.86. The van der Waals surface area contributed by atoms with E-state index in [1.165, 1.54) is 0 Å². The molecule has 0 aromatic carbocycles. The molecule has 3 heterocycles. The van der Waals surface area contributed by atoms with Crippen molar-refractivity contribution >= 4 is 16.1 Å². The van der Waals surface area contributed by atoms with E-state index in [0.29, 0.717) is 32.6 Å². The van der Waals surface area contributed by atoms with Gasteiger partial charge in [-0.05, 0) is 38.5 Å². The first-order valence-corrected chi connectivity index (χ1v) is 10.9. The van der Waals surface area contributed by atoms with Crippen LogP contribution in [0.3, 0.4) is 0 Å². The molecule has 0 aliphatic carbocycles. The summed E-state index contributed by atoms with van der Waals surface area (Å²) in [5.41, 5.74) is -0.495. The molecule has 1 spiro atoms. The van der Waals surface area contributed by atoms with Crippen LogP contribution < -0.4 is 0 Å². The molecule has 0 N–H and O–H groups in total. The SMILES string of the molecule is CCCN1CCC[C@@]2(CCN(S(=O)(=O)N3CCC(OC)CC3)C2)C1=O. The maximum Gasteiger partial charge on any atom is 0.282 e. The van der Waals surface area contributed by atoms with Crippen LogP contribution in [0.25, 0.3) is 0 Å². The predicted molar refractivity (Wildman–Crippen MR) is 95.3 cm³/mol. The summed E-state index contributed by atoms with van der Waals surface area (Å²) >= 11 is 0. The Morgan fingerprint density at radius 3 is 2.48 bits per heavy atom. The van der Waals surface area contributed by atoms with Crippen LogP contribution >= 0.6 is 0 Å². The van der Waals surface area contributed by atoms with E-state index in [1.54, 1.807) is 15.7 Å². The van der Waals surface area contributed by atoms with Crippen molar-refractivity contribution in [2.24, 2.45) is 5.41 Å².